The summed E-state index contributed by atoms with van der Waals surface area (Å²) < 4.78 is 4.79. The van der Waals surface area contributed by atoms with Gasteiger partial charge in [-0.15, -0.1) is 11.6 Å². The smallest absolute Gasteiger partial charge is 0.165 e. The summed E-state index contributed by atoms with van der Waals surface area (Å²) >= 11 is 17.5. The number of ether oxygens (including phenoxy) is 1. The van der Waals surface area contributed by atoms with Crippen molar-refractivity contribution in [3.05, 3.63) is 33.8 Å². The minimum absolute atomic E-state index is 0.0922. The average Bonchev–Trinajstić information content (AvgIpc) is 2.29. The lowest BCUT2D eigenvalue weighted by molar-refractivity contribution is 0.125. The maximum absolute atomic E-state index is 10.3. The molecule has 92 valence electrons. The molecule has 1 unspecified atom stereocenters. The zero-order valence-corrected chi connectivity index (χ0v) is 11.4. The van der Waals surface area contributed by atoms with E-state index in [-0.39, 0.29) is 12.5 Å². The van der Waals surface area contributed by atoms with Crippen LogP contribution in [0.5, 0.6) is 0 Å². The Kier molecular flexibility index (Phi) is 5.58. The van der Waals surface area contributed by atoms with E-state index in [1.807, 2.05) is 0 Å². The topological polar surface area (TPSA) is 29.5 Å². The van der Waals surface area contributed by atoms with Crippen molar-refractivity contribution >= 4 is 34.8 Å². The molecule has 17 heavy (non-hydrogen) atoms. The number of halogens is 3. The Labute approximate surface area is 115 Å². The summed E-state index contributed by atoms with van der Waals surface area (Å²) in [7, 11) is 1.52. The lowest BCUT2D eigenvalue weighted by Crippen LogP contribution is -2.26. The quantitative estimate of drug-likeness (QED) is 0.685. The first-order valence-electron chi connectivity index (χ1n) is 4.76. The molecule has 0 aliphatic carbocycles. The normalized spacial score (nSPS) is 13.7. The van der Waals surface area contributed by atoms with Crippen molar-refractivity contribution in [1.29, 1.82) is 0 Å². The fourth-order valence-corrected chi connectivity index (χ4v) is 2.03. The molecule has 0 aliphatic rings. The molecule has 1 aromatic rings. The first-order chi connectivity index (χ1) is 8.03. The number of rotatable bonds is 3. The van der Waals surface area contributed by atoms with Crippen molar-refractivity contribution < 1.29 is 9.84 Å². The van der Waals surface area contributed by atoms with Gasteiger partial charge in [0.25, 0.3) is 0 Å². The molecule has 0 saturated heterocycles. The van der Waals surface area contributed by atoms with Crippen LogP contribution in [0.1, 0.15) is 5.56 Å². The maximum Gasteiger partial charge on any atom is 0.165 e. The number of aliphatic hydroxyl groups is 1. The Hall–Kier alpha value is -0.430. The van der Waals surface area contributed by atoms with Crippen LogP contribution in [-0.2, 0) is 10.3 Å². The van der Waals surface area contributed by atoms with Crippen molar-refractivity contribution in [1.82, 2.24) is 0 Å². The van der Waals surface area contributed by atoms with Gasteiger partial charge in [-0.2, -0.15) is 0 Å². The maximum atomic E-state index is 10.3. The summed E-state index contributed by atoms with van der Waals surface area (Å²) in [4.78, 5) is 0. The summed E-state index contributed by atoms with van der Waals surface area (Å²) in [5, 5.41) is 11.1. The first-order valence-corrected chi connectivity index (χ1v) is 6.05. The Morgan fingerprint density at radius 2 is 2.12 bits per heavy atom. The van der Waals surface area contributed by atoms with Gasteiger partial charge in [0, 0.05) is 22.7 Å². The van der Waals surface area contributed by atoms with E-state index in [0.29, 0.717) is 15.6 Å². The number of benzene rings is 1. The molecule has 0 fully saturated rings. The number of methoxy groups -OCH3 is 1. The highest BCUT2D eigenvalue weighted by Gasteiger charge is 2.28. The molecular formula is C12H11Cl3O2. The third-order valence-corrected chi connectivity index (χ3v) is 3.02. The van der Waals surface area contributed by atoms with Crippen LogP contribution in [0.4, 0.5) is 0 Å². The SMILES string of the molecule is COCC#CC(O)(CCl)c1ccc(Cl)cc1Cl. The van der Waals surface area contributed by atoms with Gasteiger partial charge in [-0.1, -0.05) is 41.1 Å². The molecule has 5 heteroatoms. The van der Waals surface area contributed by atoms with Gasteiger partial charge in [0.05, 0.1) is 5.88 Å². The molecule has 0 bridgehead atoms. The summed E-state index contributed by atoms with van der Waals surface area (Å²) in [6.07, 6.45) is 0. The standard InChI is InChI=1S/C12H11Cl3O2/c1-17-6-2-5-12(16,8-13)10-4-3-9(14)7-11(10)15/h3-4,7,16H,6,8H2,1H3. The van der Waals surface area contributed by atoms with Crippen LogP contribution in [0.25, 0.3) is 0 Å². The third-order valence-electron chi connectivity index (χ3n) is 2.08. The minimum Gasteiger partial charge on any atom is -0.372 e. The van der Waals surface area contributed by atoms with Gasteiger partial charge in [0.2, 0.25) is 0 Å². The predicted molar refractivity (Wildman–Crippen MR) is 70.7 cm³/mol. The second-order valence-electron chi connectivity index (χ2n) is 3.35. The Balaban J connectivity index is 3.13. The van der Waals surface area contributed by atoms with E-state index < -0.39 is 5.60 Å². The van der Waals surface area contributed by atoms with Crippen molar-refractivity contribution in [3.63, 3.8) is 0 Å². The van der Waals surface area contributed by atoms with Gasteiger partial charge in [0.15, 0.2) is 5.60 Å². The molecule has 2 nitrogen and oxygen atoms in total. The highest BCUT2D eigenvalue weighted by molar-refractivity contribution is 6.35. The molecular weight excluding hydrogens is 282 g/mol. The van der Waals surface area contributed by atoms with Crippen molar-refractivity contribution in [2.24, 2.45) is 0 Å². The van der Waals surface area contributed by atoms with E-state index in [2.05, 4.69) is 11.8 Å². The average molecular weight is 294 g/mol. The molecule has 0 radical (unpaired) electrons. The highest BCUT2D eigenvalue weighted by atomic mass is 35.5. The van der Waals surface area contributed by atoms with Crippen molar-refractivity contribution in [3.8, 4) is 11.8 Å². The molecule has 1 N–H and O–H groups in total. The van der Waals surface area contributed by atoms with E-state index >= 15 is 0 Å². The molecule has 0 saturated carbocycles. The van der Waals surface area contributed by atoms with Crippen LogP contribution in [-0.4, -0.2) is 24.7 Å². The fourth-order valence-electron chi connectivity index (χ4n) is 1.25. The Bertz CT molecular complexity index is 451. The minimum atomic E-state index is -1.50. The van der Waals surface area contributed by atoms with Crippen molar-refractivity contribution in [2.45, 2.75) is 5.60 Å². The molecule has 1 aromatic carbocycles. The monoisotopic (exact) mass is 292 g/mol. The predicted octanol–water partition coefficient (Wildman–Crippen LogP) is 3.07. The van der Waals surface area contributed by atoms with E-state index in [1.165, 1.54) is 13.2 Å². The van der Waals surface area contributed by atoms with Gasteiger partial charge in [-0.3, -0.25) is 0 Å². The van der Waals surface area contributed by atoms with Crippen molar-refractivity contribution in [2.75, 3.05) is 19.6 Å². The largest absolute Gasteiger partial charge is 0.372 e. The van der Waals surface area contributed by atoms with Crippen LogP contribution in [0.2, 0.25) is 10.0 Å². The van der Waals surface area contributed by atoms with Gasteiger partial charge in [0.1, 0.15) is 6.61 Å². The van der Waals surface area contributed by atoms with Crippen LogP contribution in [0, 0.1) is 11.8 Å². The lowest BCUT2D eigenvalue weighted by atomic mass is 9.96. The number of hydrogen-bond acceptors (Lipinski definition) is 2. The second kappa shape index (κ2) is 6.49. The van der Waals surface area contributed by atoms with E-state index in [1.54, 1.807) is 12.1 Å². The number of hydrogen-bond donors (Lipinski definition) is 1. The lowest BCUT2D eigenvalue weighted by Gasteiger charge is -2.21. The summed E-state index contributed by atoms with van der Waals surface area (Å²) in [6, 6.07) is 4.76. The second-order valence-corrected chi connectivity index (χ2v) is 4.46. The first kappa shape index (κ1) is 14.6. The molecule has 0 aromatic heterocycles. The molecule has 0 spiro atoms. The van der Waals surface area contributed by atoms with Crippen LogP contribution >= 0.6 is 34.8 Å². The zero-order chi connectivity index (χ0) is 12.9. The number of alkyl halides is 1. The van der Waals surface area contributed by atoms with Crippen LogP contribution in [0.15, 0.2) is 18.2 Å². The molecule has 0 aliphatic heterocycles. The molecule has 1 rings (SSSR count). The third kappa shape index (κ3) is 3.77. The van der Waals surface area contributed by atoms with E-state index in [0.717, 1.165) is 0 Å². The fraction of sp³-hybridized carbons (Fsp3) is 0.333. The van der Waals surface area contributed by atoms with Gasteiger partial charge >= 0.3 is 0 Å². The summed E-state index contributed by atoms with van der Waals surface area (Å²) in [6.45, 7) is 0.213. The molecule has 0 amide bonds. The molecule has 1 atom stereocenters. The van der Waals surface area contributed by atoms with Crippen LogP contribution < -0.4 is 0 Å². The van der Waals surface area contributed by atoms with E-state index in [9.17, 15) is 5.11 Å². The summed E-state index contributed by atoms with van der Waals surface area (Å²) in [5.41, 5.74) is -1.07. The zero-order valence-electron chi connectivity index (χ0n) is 9.14. The van der Waals surface area contributed by atoms with Gasteiger partial charge in [-0.05, 0) is 12.1 Å². The Morgan fingerprint density at radius 1 is 1.41 bits per heavy atom. The Morgan fingerprint density at radius 3 is 2.65 bits per heavy atom. The highest BCUT2D eigenvalue weighted by Crippen LogP contribution is 2.31. The van der Waals surface area contributed by atoms with Crippen LogP contribution in [0.3, 0.4) is 0 Å². The van der Waals surface area contributed by atoms with Gasteiger partial charge < -0.3 is 9.84 Å². The van der Waals surface area contributed by atoms with E-state index in [4.69, 9.17) is 39.5 Å². The summed E-state index contributed by atoms with van der Waals surface area (Å²) in [5.74, 6) is 5.22. The van der Waals surface area contributed by atoms with Gasteiger partial charge in [-0.25, -0.2) is 0 Å². The molecule has 0 heterocycles.